The summed E-state index contributed by atoms with van der Waals surface area (Å²) in [6.07, 6.45) is 8.58. The normalized spacial score (nSPS) is 12.4. The molecular formula is C25H38N4O2. The summed E-state index contributed by atoms with van der Waals surface area (Å²) in [5.74, 6) is 6.63. The van der Waals surface area contributed by atoms with Crippen molar-refractivity contribution in [3.8, 4) is 5.75 Å². The van der Waals surface area contributed by atoms with Crippen LogP contribution in [0.3, 0.4) is 0 Å². The largest absolute Gasteiger partial charge is 0.411 e. The summed E-state index contributed by atoms with van der Waals surface area (Å²) in [6.45, 7) is 13.0. The number of hydrogen-bond donors (Lipinski definition) is 2. The van der Waals surface area contributed by atoms with E-state index in [0.717, 1.165) is 67.6 Å². The van der Waals surface area contributed by atoms with Gasteiger partial charge in [-0.2, -0.15) is 5.90 Å². The van der Waals surface area contributed by atoms with Crippen molar-refractivity contribution in [3.05, 3.63) is 63.5 Å². The monoisotopic (exact) mass is 426 g/mol. The van der Waals surface area contributed by atoms with Crippen LogP contribution in [0.2, 0.25) is 0 Å². The molecule has 6 nitrogen and oxygen atoms in total. The highest BCUT2D eigenvalue weighted by atomic mass is 16.6. The van der Waals surface area contributed by atoms with E-state index >= 15 is 0 Å². The van der Waals surface area contributed by atoms with Gasteiger partial charge < -0.3 is 9.82 Å². The second-order valence-electron chi connectivity index (χ2n) is 8.08. The number of benzene rings is 1. The first-order valence-corrected chi connectivity index (χ1v) is 11.5. The lowest BCUT2D eigenvalue weighted by atomic mass is 9.91. The summed E-state index contributed by atoms with van der Waals surface area (Å²) in [5.41, 5.74) is 4.51. The Morgan fingerprint density at radius 2 is 2.03 bits per heavy atom. The third-order valence-corrected chi connectivity index (χ3v) is 5.67. The van der Waals surface area contributed by atoms with Gasteiger partial charge in [-0.25, -0.2) is 4.79 Å². The minimum Gasteiger partial charge on any atom is -0.411 e. The van der Waals surface area contributed by atoms with Crippen LogP contribution in [0, 0.1) is 0 Å². The van der Waals surface area contributed by atoms with Gasteiger partial charge in [-0.05, 0) is 49.3 Å². The molecule has 170 valence electrons. The molecule has 0 spiro atoms. The quantitative estimate of drug-likeness (QED) is 0.329. The van der Waals surface area contributed by atoms with E-state index in [1.165, 1.54) is 5.56 Å². The van der Waals surface area contributed by atoms with Gasteiger partial charge in [-0.15, -0.1) is 0 Å². The topological polar surface area (TPSA) is 85.4 Å². The third-order valence-electron chi connectivity index (χ3n) is 5.67. The number of allylic oxidation sites excluding steroid dienone is 1. The van der Waals surface area contributed by atoms with E-state index in [2.05, 4.69) is 56.4 Å². The maximum absolute atomic E-state index is 12.8. The van der Waals surface area contributed by atoms with Gasteiger partial charge in [0.15, 0.2) is 5.75 Å². The molecule has 0 saturated carbocycles. The van der Waals surface area contributed by atoms with Crippen LogP contribution < -0.4 is 16.4 Å². The highest BCUT2D eigenvalue weighted by Gasteiger charge is 2.17. The number of nitrogens with two attached hydrogens (primary N) is 1. The molecule has 0 saturated heterocycles. The van der Waals surface area contributed by atoms with Crippen molar-refractivity contribution >= 4 is 6.21 Å². The number of rotatable bonds is 13. The van der Waals surface area contributed by atoms with Crippen LogP contribution in [0.5, 0.6) is 5.75 Å². The van der Waals surface area contributed by atoms with Gasteiger partial charge in [-0.3, -0.25) is 9.56 Å². The minimum absolute atomic E-state index is 0.153. The van der Waals surface area contributed by atoms with E-state index in [1.807, 2.05) is 6.07 Å². The molecular weight excluding hydrogens is 388 g/mol. The fourth-order valence-corrected chi connectivity index (χ4v) is 4.03. The maximum Gasteiger partial charge on any atom is 0.326 e. The number of aromatic amines is 1. The Morgan fingerprint density at radius 3 is 2.65 bits per heavy atom. The standard InChI is InChI=1S/C25H38N4O2/c1-6-10-18(5)27-16-22-23(12-8-3)29(25(30)28-22)17-21-15-20(13-14-24(21)31-26)19(9-4)11-7-2/h13-16,19H,5-12,17,26H2,1-4H3,(H,28,30). The number of nitrogens with zero attached hydrogens (tertiary/aromatic N) is 2. The Labute approximate surface area is 186 Å². The van der Waals surface area contributed by atoms with Gasteiger partial charge in [0.1, 0.15) is 0 Å². The van der Waals surface area contributed by atoms with Crippen molar-refractivity contribution in [1.29, 1.82) is 0 Å². The molecule has 3 N–H and O–H groups in total. The molecule has 1 heterocycles. The van der Waals surface area contributed by atoms with Gasteiger partial charge in [-0.1, -0.05) is 59.6 Å². The van der Waals surface area contributed by atoms with Crippen LogP contribution in [0.1, 0.15) is 94.7 Å². The average Bonchev–Trinajstić information content (AvgIpc) is 3.05. The zero-order valence-corrected chi connectivity index (χ0v) is 19.5. The van der Waals surface area contributed by atoms with E-state index in [1.54, 1.807) is 10.8 Å². The molecule has 1 aromatic carbocycles. The van der Waals surface area contributed by atoms with Crippen LogP contribution >= 0.6 is 0 Å². The highest BCUT2D eigenvalue weighted by molar-refractivity contribution is 5.79. The molecule has 6 heteroatoms. The number of hydrogen-bond acceptors (Lipinski definition) is 4. The number of nitrogens with one attached hydrogen (secondary N) is 1. The molecule has 0 radical (unpaired) electrons. The van der Waals surface area contributed by atoms with Crippen LogP contribution in [0.25, 0.3) is 0 Å². The fraction of sp³-hybridized carbons (Fsp3) is 0.520. The SMILES string of the molecule is C=C(CCC)N=Cc1[nH]c(=O)n(Cc2cc(C(CC)CCC)ccc2ON)c1CCC. The fourth-order valence-electron chi connectivity index (χ4n) is 4.03. The number of aliphatic imine (C=N–C) groups is 1. The molecule has 2 rings (SSSR count). The summed E-state index contributed by atoms with van der Waals surface area (Å²) in [6, 6.07) is 6.13. The lowest BCUT2D eigenvalue weighted by molar-refractivity contribution is 0.329. The smallest absolute Gasteiger partial charge is 0.326 e. The van der Waals surface area contributed by atoms with Crippen molar-refractivity contribution in [3.63, 3.8) is 0 Å². The third kappa shape index (κ3) is 6.44. The summed E-state index contributed by atoms with van der Waals surface area (Å²) in [4.78, 5) is 25.4. The Kier molecular flexibility index (Phi) is 9.79. The van der Waals surface area contributed by atoms with Gasteiger partial charge in [0, 0.05) is 17.0 Å². The van der Waals surface area contributed by atoms with Crippen molar-refractivity contribution in [2.75, 3.05) is 0 Å². The Balaban J connectivity index is 2.45. The van der Waals surface area contributed by atoms with Crippen LogP contribution in [0.4, 0.5) is 0 Å². The second kappa shape index (κ2) is 12.3. The molecule has 1 aromatic heterocycles. The van der Waals surface area contributed by atoms with E-state index in [9.17, 15) is 4.79 Å². The number of aromatic nitrogens is 2. The zero-order chi connectivity index (χ0) is 22.8. The Hall–Kier alpha value is -2.60. The van der Waals surface area contributed by atoms with Gasteiger partial charge in [0.25, 0.3) is 0 Å². The Morgan fingerprint density at radius 1 is 1.26 bits per heavy atom. The first kappa shape index (κ1) is 24.7. The van der Waals surface area contributed by atoms with E-state index in [0.29, 0.717) is 18.2 Å². The van der Waals surface area contributed by atoms with Crippen LogP contribution in [-0.4, -0.2) is 15.8 Å². The van der Waals surface area contributed by atoms with E-state index in [4.69, 9.17) is 10.7 Å². The zero-order valence-electron chi connectivity index (χ0n) is 19.5. The first-order chi connectivity index (χ1) is 15.0. The summed E-state index contributed by atoms with van der Waals surface area (Å²) in [7, 11) is 0. The van der Waals surface area contributed by atoms with Crippen molar-refractivity contribution in [1.82, 2.24) is 9.55 Å². The lowest BCUT2D eigenvalue weighted by Gasteiger charge is -2.18. The molecule has 0 aliphatic heterocycles. The summed E-state index contributed by atoms with van der Waals surface area (Å²) in [5, 5.41) is 0. The van der Waals surface area contributed by atoms with Gasteiger partial charge in [0.05, 0.1) is 18.5 Å². The predicted octanol–water partition coefficient (Wildman–Crippen LogP) is 5.46. The molecule has 2 aromatic rings. The molecule has 31 heavy (non-hydrogen) atoms. The first-order valence-electron chi connectivity index (χ1n) is 11.5. The second-order valence-corrected chi connectivity index (χ2v) is 8.08. The van der Waals surface area contributed by atoms with Crippen molar-refractivity contribution in [2.45, 2.75) is 85.1 Å². The van der Waals surface area contributed by atoms with Crippen LogP contribution in [0.15, 0.2) is 40.3 Å². The molecule has 1 atom stereocenters. The molecule has 0 fully saturated rings. The van der Waals surface area contributed by atoms with Gasteiger partial charge >= 0.3 is 5.69 Å². The molecule has 1 unspecified atom stereocenters. The van der Waals surface area contributed by atoms with Gasteiger partial charge in [0.2, 0.25) is 0 Å². The highest BCUT2D eigenvalue weighted by Crippen LogP contribution is 2.29. The van der Waals surface area contributed by atoms with Crippen molar-refractivity contribution in [2.24, 2.45) is 10.9 Å². The van der Waals surface area contributed by atoms with E-state index in [-0.39, 0.29) is 5.69 Å². The van der Waals surface area contributed by atoms with Crippen molar-refractivity contribution < 1.29 is 4.84 Å². The summed E-state index contributed by atoms with van der Waals surface area (Å²) < 4.78 is 1.77. The lowest BCUT2D eigenvalue weighted by Crippen LogP contribution is -2.20. The predicted molar refractivity (Wildman–Crippen MR) is 129 cm³/mol. The molecule has 0 amide bonds. The van der Waals surface area contributed by atoms with E-state index < -0.39 is 0 Å². The average molecular weight is 427 g/mol. The maximum atomic E-state index is 12.8. The Bertz CT molecular complexity index is 939. The minimum atomic E-state index is -0.153. The molecule has 0 aliphatic rings. The number of H-pyrrole nitrogens is 1. The molecule has 0 bridgehead atoms. The van der Waals surface area contributed by atoms with Crippen LogP contribution in [-0.2, 0) is 13.0 Å². The summed E-state index contributed by atoms with van der Waals surface area (Å²) >= 11 is 0. The molecule has 0 aliphatic carbocycles. The number of imidazole rings is 1.